The Balaban J connectivity index is 2.37. The molecule has 0 saturated heterocycles. The molecule has 16 heavy (non-hydrogen) atoms. The standard InChI is InChI=1S/C14H18O2/c1-4-16-13(15)11-7-5-6-10-8-14(2,3)9-12(10)11/h5-7H,4,8-9H2,1-3H3. The number of ether oxygens (including phenoxy) is 1. The molecule has 2 nitrogen and oxygen atoms in total. The van der Waals surface area contributed by atoms with Crippen molar-refractivity contribution >= 4 is 5.97 Å². The Labute approximate surface area is 96.6 Å². The first-order chi connectivity index (χ1) is 7.53. The molecule has 0 N–H and O–H groups in total. The minimum absolute atomic E-state index is 0.183. The summed E-state index contributed by atoms with van der Waals surface area (Å²) in [5.74, 6) is -0.183. The first-order valence-corrected chi connectivity index (χ1v) is 5.81. The lowest BCUT2D eigenvalue weighted by Crippen LogP contribution is -2.11. The second-order valence-corrected chi connectivity index (χ2v) is 5.18. The highest BCUT2D eigenvalue weighted by atomic mass is 16.5. The molecule has 0 amide bonds. The molecule has 0 saturated carbocycles. The summed E-state index contributed by atoms with van der Waals surface area (Å²) in [4.78, 5) is 11.8. The van der Waals surface area contributed by atoms with Gasteiger partial charge in [0.25, 0.3) is 0 Å². The molecule has 1 aromatic rings. The van der Waals surface area contributed by atoms with Gasteiger partial charge in [-0.1, -0.05) is 26.0 Å². The molecule has 1 aromatic carbocycles. The van der Waals surface area contributed by atoms with Gasteiger partial charge in [0.1, 0.15) is 0 Å². The summed E-state index contributed by atoms with van der Waals surface area (Å²) in [6.07, 6.45) is 2.02. The van der Waals surface area contributed by atoms with Crippen LogP contribution in [0.5, 0.6) is 0 Å². The van der Waals surface area contributed by atoms with Crippen molar-refractivity contribution in [1.29, 1.82) is 0 Å². The monoisotopic (exact) mass is 218 g/mol. The molecular weight excluding hydrogens is 200 g/mol. The van der Waals surface area contributed by atoms with Gasteiger partial charge in [0.2, 0.25) is 0 Å². The fourth-order valence-electron chi connectivity index (χ4n) is 2.47. The van der Waals surface area contributed by atoms with Crippen molar-refractivity contribution in [2.24, 2.45) is 5.41 Å². The van der Waals surface area contributed by atoms with Gasteiger partial charge in [-0.15, -0.1) is 0 Å². The zero-order valence-electron chi connectivity index (χ0n) is 10.2. The van der Waals surface area contributed by atoms with Gasteiger partial charge in [-0.05, 0) is 42.4 Å². The fraction of sp³-hybridized carbons (Fsp3) is 0.500. The zero-order valence-corrected chi connectivity index (χ0v) is 10.2. The van der Waals surface area contributed by atoms with Crippen molar-refractivity contribution in [3.63, 3.8) is 0 Å². The highest BCUT2D eigenvalue weighted by Crippen LogP contribution is 2.37. The Kier molecular flexibility index (Phi) is 2.75. The maximum atomic E-state index is 11.8. The molecule has 0 atom stereocenters. The fourth-order valence-corrected chi connectivity index (χ4v) is 2.47. The van der Waals surface area contributed by atoms with Crippen molar-refractivity contribution in [3.8, 4) is 0 Å². The largest absolute Gasteiger partial charge is 0.462 e. The number of rotatable bonds is 2. The highest BCUT2D eigenvalue weighted by molar-refractivity contribution is 5.91. The van der Waals surface area contributed by atoms with E-state index >= 15 is 0 Å². The van der Waals surface area contributed by atoms with E-state index in [9.17, 15) is 4.79 Å². The lowest BCUT2D eigenvalue weighted by Gasteiger charge is -2.15. The van der Waals surface area contributed by atoms with Gasteiger partial charge >= 0.3 is 5.97 Å². The van der Waals surface area contributed by atoms with Crippen LogP contribution in [0.25, 0.3) is 0 Å². The van der Waals surface area contributed by atoms with Crippen LogP contribution in [0.1, 0.15) is 42.3 Å². The van der Waals surface area contributed by atoms with Crippen molar-refractivity contribution in [2.75, 3.05) is 6.61 Å². The average Bonchev–Trinajstić information content (AvgIpc) is 2.51. The molecule has 1 aliphatic rings. The van der Waals surface area contributed by atoms with Gasteiger partial charge in [0.15, 0.2) is 0 Å². The van der Waals surface area contributed by atoms with Crippen LogP contribution >= 0.6 is 0 Å². The lowest BCUT2D eigenvalue weighted by atomic mass is 9.90. The smallest absolute Gasteiger partial charge is 0.338 e. The van der Waals surface area contributed by atoms with Crippen molar-refractivity contribution in [3.05, 3.63) is 34.9 Å². The molecule has 0 aromatic heterocycles. The van der Waals surface area contributed by atoms with E-state index in [4.69, 9.17) is 4.74 Å². The lowest BCUT2D eigenvalue weighted by molar-refractivity contribution is 0.0525. The normalized spacial score (nSPS) is 16.9. The van der Waals surface area contributed by atoms with Crippen LogP contribution in [0.15, 0.2) is 18.2 Å². The van der Waals surface area contributed by atoms with Crippen LogP contribution in [0, 0.1) is 5.41 Å². The van der Waals surface area contributed by atoms with Gasteiger partial charge in [-0.2, -0.15) is 0 Å². The van der Waals surface area contributed by atoms with Crippen LogP contribution in [-0.2, 0) is 17.6 Å². The molecule has 0 bridgehead atoms. The second-order valence-electron chi connectivity index (χ2n) is 5.18. The third-order valence-corrected chi connectivity index (χ3v) is 3.09. The summed E-state index contributed by atoms with van der Waals surface area (Å²) in [5.41, 5.74) is 3.51. The molecular formula is C14H18O2. The maximum absolute atomic E-state index is 11.8. The van der Waals surface area contributed by atoms with Crippen LogP contribution in [0.2, 0.25) is 0 Å². The number of carbonyl (C=O) groups is 1. The van der Waals surface area contributed by atoms with Crippen molar-refractivity contribution in [1.82, 2.24) is 0 Å². The third kappa shape index (κ3) is 1.97. The van der Waals surface area contributed by atoms with Gasteiger partial charge < -0.3 is 4.74 Å². The molecule has 2 rings (SSSR count). The molecule has 0 spiro atoms. The van der Waals surface area contributed by atoms with Crippen molar-refractivity contribution < 1.29 is 9.53 Å². The number of carbonyl (C=O) groups excluding carboxylic acids is 1. The highest BCUT2D eigenvalue weighted by Gasteiger charge is 2.31. The Bertz CT molecular complexity index is 419. The van der Waals surface area contributed by atoms with Gasteiger partial charge in [0, 0.05) is 0 Å². The van der Waals surface area contributed by atoms with E-state index < -0.39 is 0 Å². The number of fused-ring (bicyclic) bond motifs is 1. The minimum atomic E-state index is -0.183. The number of benzene rings is 1. The molecule has 0 aliphatic heterocycles. The Morgan fingerprint density at radius 3 is 2.81 bits per heavy atom. The summed E-state index contributed by atoms with van der Waals surface area (Å²) in [6, 6.07) is 5.94. The first kappa shape index (κ1) is 11.2. The summed E-state index contributed by atoms with van der Waals surface area (Å²) in [7, 11) is 0. The van der Waals surface area contributed by atoms with E-state index in [1.807, 2.05) is 19.1 Å². The Hall–Kier alpha value is -1.31. The topological polar surface area (TPSA) is 26.3 Å². The molecule has 86 valence electrons. The Morgan fingerprint density at radius 1 is 1.38 bits per heavy atom. The van der Waals surface area contributed by atoms with E-state index in [1.54, 1.807) is 0 Å². The molecule has 0 unspecified atom stereocenters. The quantitative estimate of drug-likeness (QED) is 0.713. The first-order valence-electron chi connectivity index (χ1n) is 5.81. The SMILES string of the molecule is CCOC(=O)c1cccc2c1CC(C)(C)C2. The molecule has 0 radical (unpaired) electrons. The zero-order chi connectivity index (χ0) is 11.8. The summed E-state index contributed by atoms with van der Waals surface area (Å²) >= 11 is 0. The maximum Gasteiger partial charge on any atom is 0.338 e. The van der Waals surface area contributed by atoms with Crippen LogP contribution in [0.3, 0.4) is 0 Å². The average molecular weight is 218 g/mol. The Morgan fingerprint density at radius 2 is 2.12 bits per heavy atom. The van der Waals surface area contributed by atoms with E-state index in [1.165, 1.54) is 11.1 Å². The summed E-state index contributed by atoms with van der Waals surface area (Å²) < 4.78 is 5.08. The van der Waals surface area contributed by atoms with E-state index in [-0.39, 0.29) is 11.4 Å². The number of hydrogen-bond acceptors (Lipinski definition) is 2. The predicted molar refractivity (Wildman–Crippen MR) is 63.6 cm³/mol. The summed E-state index contributed by atoms with van der Waals surface area (Å²) in [6.45, 7) is 6.75. The molecule has 0 fully saturated rings. The third-order valence-electron chi connectivity index (χ3n) is 3.09. The molecule has 1 aliphatic carbocycles. The number of esters is 1. The molecule has 0 heterocycles. The summed E-state index contributed by atoms with van der Waals surface area (Å²) in [5, 5.41) is 0. The van der Waals surface area contributed by atoms with E-state index in [2.05, 4.69) is 19.9 Å². The predicted octanol–water partition coefficient (Wildman–Crippen LogP) is 2.99. The van der Waals surface area contributed by atoms with Gasteiger partial charge in [-0.3, -0.25) is 0 Å². The van der Waals surface area contributed by atoms with Crippen LogP contribution in [-0.4, -0.2) is 12.6 Å². The van der Waals surface area contributed by atoms with E-state index in [0.717, 1.165) is 18.4 Å². The molecule has 2 heteroatoms. The van der Waals surface area contributed by atoms with E-state index in [0.29, 0.717) is 6.61 Å². The van der Waals surface area contributed by atoms with Crippen LogP contribution < -0.4 is 0 Å². The second kappa shape index (κ2) is 3.93. The van der Waals surface area contributed by atoms with Gasteiger partial charge in [0.05, 0.1) is 12.2 Å². The number of hydrogen-bond donors (Lipinski definition) is 0. The van der Waals surface area contributed by atoms with Crippen molar-refractivity contribution in [2.45, 2.75) is 33.6 Å². The van der Waals surface area contributed by atoms with Gasteiger partial charge in [-0.25, -0.2) is 4.79 Å². The van der Waals surface area contributed by atoms with Crippen LogP contribution in [0.4, 0.5) is 0 Å². The minimum Gasteiger partial charge on any atom is -0.462 e.